The zero-order valence-corrected chi connectivity index (χ0v) is 10.3. The second-order valence-corrected chi connectivity index (χ2v) is 4.44. The van der Waals surface area contributed by atoms with Gasteiger partial charge in [-0.15, -0.1) is 0 Å². The Morgan fingerprint density at radius 1 is 1.24 bits per heavy atom. The minimum atomic E-state index is -0.912. The molecule has 1 aromatic rings. The Bertz CT molecular complexity index is 412. The minimum Gasteiger partial charge on any atom is -0.452 e. The lowest BCUT2D eigenvalue weighted by molar-refractivity contribution is -0.158. The van der Waals surface area contributed by atoms with Crippen molar-refractivity contribution >= 4 is 11.9 Å². The fourth-order valence-corrected chi connectivity index (χ4v) is 1.34. The maximum atomic E-state index is 12.0. The molecule has 4 heteroatoms. The highest BCUT2D eigenvalue weighted by Crippen LogP contribution is 2.24. The molecule has 0 aliphatic rings. The summed E-state index contributed by atoms with van der Waals surface area (Å²) in [6, 6.07) is 9.26. The number of esters is 1. The van der Waals surface area contributed by atoms with Crippen molar-refractivity contribution < 1.29 is 14.3 Å². The molecule has 1 atom stereocenters. The van der Waals surface area contributed by atoms with Gasteiger partial charge in [-0.1, -0.05) is 30.3 Å². The van der Waals surface area contributed by atoms with Gasteiger partial charge >= 0.3 is 5.97 Å². The van der Waals surface area contributed by atoms with E-state index in [2.05, 4.69) is 0 Å². The van der Waals surface area contributed by atoms with Crippen LogP contribution in [0.5, 0.6) is 0 Å². The zero-order chi connectivity index (χ0) is 13.1. The van der Waals surface area contributed by atoms with E-state index >= 15 is 0 Å². The molecule has 0 fully saturated rings. The van der Waals surface area contributed by atoms with E-state index < -0.39 is 23.4 Å². The third-order valence-electron chi connectivity index (χ3n) is 2.69. The molecule has 4 nitrogen and oxygen atoms in total. The van der Waals surface area contributed by atoms with Crippen molar-refractivity contribution in [2.75, 3.05) is 0 Å². The molecular weight excluding hydrogens is 218 g/mol. The summed E-state index contributed by atoms with van der Waals surface area (Å²) in [6.45, 7) is 4.96. The molecule has 0 unspecified atom stereocenters. The lowest BCUT2D eigenvalue weighted by Gasteiger charge is -2.24. The number of primary amides is 1. The molecular formula is C13H17NO3. The maximum Gasteiger partial charge on any atom is 0.316 e. The van der Waals surface area contributed by atoms with Crippen molar-refractivity contribution in [3.8, 4) is 0 Å². The van der Waals surface area contributed by atoms with Crippen LogP contribution in [0.15, 0.2) is 30.3 Å². The number of hydrogen-bond acceptors (Lipinski definition) is 3. The fourth-order valence-electron chi connectivity index (χ4n) is 1.34. The van der Waals surface area contributed by atoms with E-state index in [1.54, 1.807) is 13.8 Å². The summed E-state index contributed by atoms with van der Waals surface area (Å²) in [5.41, 5.74) is 5.08. The Labute approximate surface area is 101 Å². The summed E-state index contributed by atoms with van der Waals surface area (Å²) in [7, 11) is 0. The lowest BCUT2D eigenvalue weighted by atomic mass is 9.85. The topological polar surface area (TPSA) is 69.4 Å². The monoisotopic (exact) mass is 235 g/mol. The van der Waals surface area contributed by atoms with E-state index in [4.69, 9.17) is 10.5 Å². The number of amides is 1. The van der Waals surface area contributed by atoms with E-state index in [1.165, 1.54) is 6.92 Å². The SMILES string of the molecule is C[C@@H](OC(=O)C(C)(C)c1ccccc1)C(N)=O. The predicted molar refractivity (Wildman–Crippen MR) is 64.2 cm³/mol. The quantitative estimate of drug-likeness (QED) is 0.801. The van der Waals surface area contributed by atoms with Gasteiger partial charge in [-0.25, -0.2) is 0 Å². The molecule has 17 heavy (non-hydrogen) atoms. The van der Waals surface area contributed by atoms with Gasteiger partial charge in [-0.2, -0.15) is 0 Å². The van der Waals surface area contributed by atoms with Crippen LogP contribution in [0.3, 0.4) is 0 Å². The summed E-state index contributed by atoms with van der Waals surface area (Å²) in [6.07, 6.45) is -0.912. The summed E-state index contributed by atoms with van der Waals surface area (Å²) in [5.74, 6) is -1.11. The van der Waals surface area contributed by atoms with Gasteiger partial charge in [0.2, 0.25) is 0 Å². The average Bonchev–Trinajstić information content (AvgIpc) is 2.29. The van der Waals surface area contributed by atoms with Crippen molar-refractivity contribution in [3.05, 3.63) is 35.9 Å². The van der Waals surface area contributed by atoms with Crippen LogP contribution in [-0.2, 0) is 19.7 Å². The molecule has 0 spiro atoms. The fraction of sp³-hybridized carbons (Fsp3) is 0.385. The Morgan fingerprint density at radius 2 is 1.76 bits per heavy atom. The zero-order valence-electron chi connectivity index (χ0n) is 10.3. The van der Waals surface area contributed by atoms with Crippen molar-refractivity contribution in [1.29, 1.82) is 0 Å². The summed E-state index contributed by atoms with van der Waals surface area (Å²) < 4.78 is 5.02. The summed E-state index contributed by atoms with van der Waals surface area (Å²) in [5, 5.41) is 0. The number of carbonyl (C=O) groups is 2. The first-order chi connectivity index (χ1) is 7.85. The first-order valence-corrected chi connectivity index (χ1v) is 5.41. The Hall–Kier alpha value is -1.84. The molecule has 0 heterocycles. The third kappa shape index (κ3) is 3.06. The van der Waals surface area contributed by atoms with Gasteiger partial charge in [-0.3, -0.25) is 9.59 Å². The second kappa shape index (κ2) is 4.99. The molecule has 0 saturated carbocycles. The molecule has 0 aromatic heterocycles. The van der Waals surface area contributed by atoms with Crippen LogP contribution in [0, 0.1) is 0 Å². The van der Waals surface area contributed by atoms with Gasteiger partial charge in [-0.05, 0) is 26.3 Å². The minimum absolute atomic E-state index is 0.463. The largest absolute Gasteiger partial charge is 0.452 e. The van der Waals surface area contributed by atoms with E-state index in [0.29, 0.717) is 0 Å². The second-order valence-electron chi connectivity index (χ2n) is 4.44. The van der Waals surface area contributed by atoms with Gasteiger partial charge in [0.15, 0.2) is 6.10 Å². The van der Waals surface area contributed by atoms with Crippen molar-refractivity contribution in [2.45, 2.75) is 32.3 Å². The number of benzene rings is 1. The van der Waals surface area contributed by atoms with Crippen LogP contribution >= 0.6 is 0 Å². The number of ether oxygens (including phenoxy) is 1. The molecule has 0 saturated heterocycles. The lowest BCUT2D eigenvalue weighted by Crippen LogP contribution is -2.38. The molecule has 2 N–H and O–H groups in total. The molecule has 1 rings (SSSR count). The van der Waals surface area contributed by atoms with Crippen LogP contribution in [0.2, 0.25) is 0 Å². The smallest absolute Gasteiger partial charge is 0.316 e. The normalized spacial score (nSPS) is 12.9. The van der Waals surface area contributed by atoms with Crippen LogP contribution in [0.4, 0.5) is 0 Å². The Balaban J connectivity index is 2.84. The highest BCUT2D eigenvalue weighted by molar-refractivity contribution is 5.86. The Morgan fingerprint density at radius 3 is 2.24 bits per heavy atom. The highest BCUT2D eigenvalue weighted by atomic mass is 16.5. The predicted octanol–water partition coefficient (Wildman–Crippen LogP) is 1.38. The molecule has 1 amide bonds. The number of rotatable bonds is 4. The highest BCUT2D eigenvalue weighted by Gasteiger charge is 2.33. The van der Waals surface area contributed by atoms with E-state index in [-0.39, 0.29) is 0 Å². The van der Waals surface area contributed by atoms with Crippen molar-refractivity contribution in [2.24, 2.45) is 5.73 Å². The standard InChI is InChI=1S/C13H17NO3/c1-9(11(14)15)17-12(16)13(2,3)10-7-5-4-6-8-10/h4-9H,1-3H3,(H2,14,15)/t9-/m1/s1. The first kappa shape index (κ1) is 13.2. The number of nitrogens with two attached hydrogens (primary N) is 1. The van der Waals surface area contributed by atoms with Gasteiger partial charge in [0.25, 0.3) is 5.91 Å². The van der Waals surface area contributed by atoms with Gasteiger partial charge in [0.1, 0.15) is 0 Å². The Kier molecular flexibility index (Phi) is 3.89. The van der Waals surface area contributed by atoms with Crippen LogP contribution < -0.4 is 5.73 Å². The van der Waals surface area contributed by atoms with E-state index in [1.807, 2.05) is 30.3 Å². The molecule has 0 aliphatic heterocycles. The summed E-state index contributed by atoms with van der Waals surface area (Å²) in [4.78, 5) is 22.8. The van der Waals surface area contributed by atoms with Crippen LogP contribution in [0.25, 0.3) is 0 Å². The van der Waals surface area contributed by atoms with Crippen LogP contribution in [-0.4, -0.2) is 18.0 Å². The molecule has 0 bridgehead atoms. The molecule has 92 valence electrons. The van der Waals surface area contributed by atoms with Gasteiger partial charge in [0.05, 0.1) is 5.41 Å². The van der Waals surface area contributed by atoms with E-state index in [9.17, 15) is 9.59 Å². The number of hydrogen-bond donors (Lipinski definition) is 1. The van der Waals surface area contributed by atoms with Crippen molar-refractivity contribution in [3.63, 3.8) is 0 Å². The summed E-state index contributed by atoms with van der Waals surface area (Å²) >= 11 is 0. The van der Waals surface area contributed by atoms with Crippen LogP contribution in [0.1, 0.15) is 26.3 Å². The van der Waals surface area contributed by atoms with Gasteiger partial charge in [0, 0.05) is 0 Å². The average molecular weight is 235 g/mol. The maximum absolute atomic E-state index is 12.0. The molecule has 0 radical (unpaired) electrons. The first-order valence-electron chi connectivity index (χ1n) is 5.41. The third-order valence-corrected chi connectivity index (χ3v) is 2.69. The van der Waals surface area contributed by atoms with Crippen molar-refractivity contribution in [1.82, 2.24) is 0 Å². The van der Waals surface area contributed by atoms with Gasteiger partial charge < -0.3 is 10.5 Å². The number of carbonyl (C=O) groups excluding carboxylic acids is 2. The molecule has 1 aromatic carbocycles. The molecule has 0 aliphatic carbocycles. The van der Waals surface area contributed by atoms with E-state index in [0.717, 1.165) is 5.56 Å².